The molecule has 13 heavy (non-hydrogen) atoms. The molecule has 0 radical (unpaired) electrons. The molecule has 0 aromatic carbocycles. The predicted octanol–water partition coefficient (Wildman–Crippen LogP) is 1.82. The van der Waals surface area contributed by atoms with Gasteiger partial charge in [0.05, 0.1) is 18.3 Å². The van der Waals surface area contributed by atoms with Crippen molar-refractivity contribution in [1.29, 1.82) is 0 Å². The number of aliphatic hydroxyl groups is 1. The second-order valence-corrected chi connectivity index (χ2v) is 4.73. The summed E-state index contributed by atoms with van der Waals surface area (Å²) in [6, 6.07) is 0. The molecule has 2 bridgehead atoms. The van der Waals surface area contributed by atoms with Crippen molar-refractivity contribution in [3.8, 4) is 0 Å². The highest BCUT2D eigenvalue weighted by Gasteiger charge is 2.51. The normalized spacial score (nSPS) is 51.2. The van der Waals surface area contributed by atoms with Crippen molar-refractivity contribution in [2.45, 2.75) is 51.9 Å². The van der Waals surface area contributed by atoms with Gasteiger partial charge in [-0.15, -0.1) is 0 Å². The molecule has 2 aliphatic heterocycles. The number of hydrogen-bond donors (Lipinski definition) is 1. The molecule has 0 spiro atoms. The fourth-order valence-electron chi connectivity index (χ4n) is 2.93. The van der Waals surface area contributed by atoms with Crippen LogP contribution in [0.25, 0.3) is 0 Å². The topological polar surface area (TPSA) is 29.5 Å². The Morgan fingerprint density at radius 3 is 2.54 bits per heavy atom. The molecule has 0 saturated carbocycles. The highest BCUT2D eigenvalue weighted by Crippen LogP contribution is 2.47. The zero-order valence-electron chi connectivity index (χ0n) is 8.73. The monoisotopic (exact) mass is 184 g/mol. The van der Waals surface area contributed by atoms with Gasteiger partial charge in [0.1, 0.15) is 0 Å². The molecule has 2 heteroatoms. The van der Waals surface area contributed by atoms with Crippen LogP contribution >= 0.6 is 0 Å². The molecule has 0 amide bonds. The summed E-state index contributed by atoms with van der Waals surface area (Å²) in [5.74, 6) is 1.72. The van der Waals surface area contributed by atoms with E-state index in [9.17, 15) is 5.11 Å². The van der Waals surface area contributed by atoms with E-state index in [2.05, 4.69) is 13.8 Å². The van der Waals surface area contributed by atoms with Crippen molar-refractivity contribution in [3.05, 3.63) is 0 Å². The molecule has 76 valence electrons. The van der Waals surface area contributed by atoms with E-state index in [4.69, 9.17) is 4.74 Å². The van der Waals surface area contributed by atoms with Gasteiger partial charge < -0.3 is 9.84 Å². The minimum absolute atomic E-state index is 0.148. The van der Waals surface area contributed by atoms with E-state index in [1.54, 1.807) is 0 Å². The van der Waals surface area contributed by atoms with Crippen LogP contribution in [0.15, 0.2) is 0 Å². The van der Waals surface area contributed by atoms with E-state index in [1.165, 1.54) is 0 Å². The zero-order chi connectivity index (χ0) is 9.59. The first kappa shape index (κ1) is 9.47. The molecule has 2 heterocycles. The van der Waals surface area contributed by atoms with Crippen LogP contribution < -0.4 is 0 Å². The fourth-order valence-corrected chi connectivity index (χ4v) is 2.93. The van der Waals surface area contributed by atoms with E-state index in [1.807, 2.05) is 6.92 Å². The lowest BCUT2D eigenvalue weighted by Gasteiger charge is -2.30. The van der Waals surface area contributed by atoms with Crippen LogP contribution in [0.4, 0.5) is 0 Å². The predicted molar refractivity (Wildman–Crippen MR) is 51.4 cm³/mol. The largest absolute Gasteiger partial charge is 0.393 e. The van der Waals surface area contributed by atoms with Crippen LogP contribution in [-0.2, 0) is 4.74 Å². The van der Waals surface area contributed by atoms with Crippen molar-refractivity contribution in [1.82, 2.24) is 0 Å². The molecule has 0 aliphatic carbocycles. The third-order valence-electron chi connectivity index (χ3n) is 4.10. The lowest BCUT2D eigenvalue weighted by molar-refractivity contribution is 0.0259. The van der Waals surface area contributed by atoms with Crippen LogP contribution in [-0.4, -0.2) is 23.4 Å². The zero-order valence-corrected chi connectivity index (χ0v) is 8.73. The maximum Gasteiger partial charge on any atom is 0.0661 e. The number of ether oxygens (including phenoxy) is 1. The van der Waals surface area contributed by atoms with Crippen LogP contribution in [0.3, 0.4) is 0 Å². The molecule has 2 fully saturated rings. The minimum Gasteiger partial charge on any atom is -0.393 e. The van der Waals surface area contributed by atoms with Gasteiger partial charge in [-0.2, -0.15) is 0 Å². The van der Waals surface area contributed by atoms with Gasteiger partial charge in [0.2, 0.25) is 0 Å². The molecule has 6 atom stereocenters. The SMILES string of the molecule is CCC(O)C1CC2OC1C(C)C2C. The lowest BCUT2D eigenvalue weighted by atomic mass is 9.73. The molecule has 2 saturated heterocycles. The van der Waals surface area contributed by atoms with Gasteiger partial charge >= 0.3 is 0 Å². The van der Waals surface area contributed by atoms with Crippen molar-refractivity contribution in [2.24, 2.45) is 17.8 Å². The van der Waals surface area contributed by atoms with Crippen LogP contribution in [0.2, 0.25) is 0 Å². The summed E-state index contributed by atoms with van der Waals surface area (Å²) in [5, 5.41) is 9.80. The van der Waals surface area contributed by atoms with Gasteiger partial charge in [0.15, 0.2) is 0 Å². The van der Waals surface area contributed by atoms with E-state index < -0.39 is 0 Å². The Morgan fingerprint density at radius 2 is 2.08 bits per heavy atom. The maximum absolute atomic E-state index is 9.80. The Balaban J connectivity index is 2.06. The molecule has 2 nitrogen and oxygen atoms in total. The van der Waals surface area contributed by atoms with Crippen LogP contribution in [0, 0.1) is 17.8 Å². The van der Waals surface area contributed by atoms with Gasteiger partial charge in [0.25, 0.3) is 0 Å². The number of rotatable bonds is 2. The van der Waals surface area contributed by atoms with Crippen LogP contribution in [0.5, 0.6) is 0 Å². The van der Waals surface area contributed by atoms with Crippen molar-refractivity contribution in [3.63, 3.8) is 0 Å². The van der Waals surface area contributed by atoms with Crippen molar-refractivity contribution < 1.29 is 9.84 Å². The molecule has 2 rings (SSSR count). The molecular weight excluding hydrogens is 164 g/mol. The van der Waals surface area contributed by atoms with E-state index in [0.29, 0.717) is 30.0 Å². The summed E-state index contributed by atoms with van der Waals surface area (Å²) in [5.41, 5.74) is 0. The smallest absolute Gasteiger partial charge is 0.0661 e. The summed E-state index contributed by atoms with van der Waals surface area (Å²) in [6.45, 7) is 6.57. The Labute approximate surface area is 80.3 Å². The molecule has 1 N–H and O–H groups in total. The molecular formula is C11H20O2. The Morgan fingerprint density at radius 1 is 1.38 bits per heavy atom. The number of hydrogen-bond acceptors (Lipinski definition) is 2. The Hall–Kier alpha value is -0.0800. The fraction of sp³-hybridized carbons (Fsp3) is 1.00. The van der Waals surface area contributed by atoms with E-state index >= 15 is 0 Å². The summed E-state index contributed by atoms with van der Waals surface area (Å²) >= 11 is 0. The standard InChI is InChI=1S/C11H20O2/c1-4-9(12)8-5-10-6(2)7(3)11(8)13-10/h6-12H,4-5H2,1-3H3. The molecule has 6 unspecified atom stereocenters. The minimum atomic E-state index is -0.148. The van der Waals surface area contributed by atoms with Gasteiger partial charge in [-0.05, 0) is 24.7 Å². The van der Waals surface area contributed by atoms with Crippen LogP contribution in [0.1, 0.15) is 33.6 Å². The van der Waals surface area contributed by atoms with E-state index in [0.717, 1.165) is 12.8 Å². The summed E-state index contributed by atoms with van der Waals surface area (Å²) in [6.07, 6.45) is 2.54. The third-order valence-corrected chi connectivity index (χ3v) is 4.10. The molecule has 0 aromatic heterocycles. The average molecular weight is 184 g/mol. The average Bonchev–Trinajstić information content (AvgIpc) is 2.67. The third kappa shape index (κ3) is 1.31. The molecule has 2 aliphatic rings. The summed E-state index contributed by atoms with van der Waals surface area (Å²) < 4.78 is 5.87. The highest BCUT2D eigenvalue weighted by atomic mass is 16.5. The van der Waals surface area contributed by atoms with Gasteiger partial charge in [0, 0.05) is 5.92 Å². The Kier molecular flexibility index (Phi) is 2.37. The number of aliphatic hydroxyl groups excluding tert-OH is 1. The van der Waals surface area contributed by atoms with Gasteiger partial charge in [-0.3, -0.25) is 0 Å². The quantitative estimate of drug-likeness (QED) is 0.709. The molecule has 0 aromatic rings. The summed E-state index contributed by atoms with van der Waals surface area (Å²) in [4.78, 5) is 0. The second-order valence-electron chi connectivity index (χ2n) is 4.73. The van der Waals surface area contributed by atoms with Crippen molar-refractivity contribution in [2.75, 3.05) is 0 Å². The number of fused-ring (bicyclic) bond motifs is 2. The first-order valence-corrected chi connectivity index (χ1v) is 5.48. The highest BCUT2D eigenvalue weighted by molar-refractivity contribution is 4.99. The first-order chi connectivity index (χ1) is 6.15. The lowest BCUT2D eigenvalue weighted by Crippen LogP contribution is -2.36. The Bertz CT molecular complexity index is 191. The maximum atomic E-state index is 9.80. The summed E-state index contributed by atoms with van der Waals surface area (Å²) in [7, 11) is 0. The van der Waals surface area contributed by atoms with E-state index in [-0.39, 0.29) is 6.10 Å². The van der Waals surface area contributed by atoms with Crippen molar-refractivity contribution >= 4 is 0 Å². The van der Waals surface area contributed by atoms with Gasteiger partial charge in [-0.1, -0.05) is 20.8 Å². The first-order valence-electron chi connectivity index (χ1n) is 5.48. The second kappa shape index (κ2) is 3.25. The van der Waals surface area contributed by atoms with Gasteiger partial charge in [-0.25, -0.2) is 0 Å².